The third-order valence-corrected chi connectivity index (χ3v) is 4.09. The minimum atomic E-state index is -0.546. The largest absolute Gasteiger partial charge is 0.295 e. The molecule has 1 nitrogen and oxygen atoms in total. The van der Waals surface area contributed by atoms with Gasteiger partial charge in [-0.2, -0.15) is 0 Å². The predicted molar refractivity (Wildman–Crippen MR) is 111 cm³/mol. The molecule has 0 N–H and O–H groups in total. The molecule has 2 fully saturated rings. The number of alkyl halides is 2. The van der Waals surface area contributed by atoms with E-state index >= 15 is 0 Å². The van der Waals surface area contributed by atoms with Gasteiger partial charge in [-0.1, -0.05) is 84.9 Å². The van der Waals surface area contributed by atoms with Crippen LogP contribution in [0.1, 0.15) is 74.1 Å². The van der Waals surface area contributed by atoms with Crippen molar-refractivity contribution < 1.29 is 8.78 Å². The van der Waals surface area contributed by atoms with E-state index in [0.717, 1.165) is 19.4 Å². The number of benzene rings is 1. The van der Waals surface area contributed by atoms with Gasteiger partial charge in [-0.25, -0.2) is 4.39 Å². The second kappa shape index (κ2) is 21.1. The second-order valence-corrected chi connectivity index (χ2v) is 5.08. The Balaban J connectivity index is -0.000000296. The maximum absolute atomic E-state index is 13.0. The third-order valence-electron chi connectivity index (χ3n) is 4.09. The summed E-state index contributed by atoms with van der Waals surface area (Å²) in [6.07, 6.45) is 3.89. The Bertz CT molecular complexity index is 305. The van der Waals surface area contributed by atoms with Crippen molar-refractivity contribution in [3.63, 3.8) is 0 Å². The highest BCUT2D eigenvalue weighted by Crippen LogP contribution is 2.41. The van der Waals surface area contributed by atoms with E-state index in [4.69, 9.17) is 0 Å². The third kappa shape index (κ3) is 11.3. The molecule has 0 aliphatic carbocycles. The molecule has 0 bridgehead atoms. The average Bonchev–Trinajstić information content (AvgIpc) is 3.26. The summed E-state index contributed by atoms with van der Waals surface area (Å²) >= 11 is 0. The van der Waals surface area contributed by atoms with Crippen LogP contribution in [-0.2, 0) is 0 Å². The van der Waals surface area contributed by atoms with Crippen LogP contribution in [0.5, 0.6) is 0 Å². The van der Waals surface area contributed by atoms with E-state index in [1.54, 1.807) is 0 Å². The fourth-order valence-corrected chi connectivity index (χ4v) is 3.16. The molecule has 3 rings (SSSR count). The summed E-state index contributed by atoms with van der Waals surface area (Å²) in [5.74, 6) is 0. The molecule has 25 heavy (non-hydrogen) atoms. The Kier molecular flexibility index (Phi) is 24.3. The van der Waals surface area contributed by atoms with Crippen molar-refractivity contribution in [2.24, 2.45) is 0 Å². The van der Waals surface area contributed by atoms with E-state index in [1.807, 2.05) is 77.9 Å². The molecule has 0 aromatic heterocycles. The van der Waals surface area contributed by atoms with Gasteiger partial charge < -0.3 is 0 Å². The quantitative estimate of drug-likeness (QED) is 0.507. The maximum atomic E-state index is 13.0. The lowest BCUT2D eigenvalue weighted by Gasteiger charge is -2.29. The van der Waals surface area contributed by atoms with Gasteiger partial charge in [0.15, 0.2) is 0 Å². The maximum Gasteiger partial charge on any atom is 0.115 e. The molecular weight excluding hydrogens is 316 g/mol. The van der Waals surface area contributed by atoms with Crippen molar-refractivity contribution in [3.05, 3.63) is 36.4 Å². The Morgan fingerprint density at radius 2 is 1.28 bits per heavy atom. The lowest BCUT2D eigenvalue weighted by atomic mass is 9.91. The highest BCUT2D eigenvalue weighted by molar-refractivity contribution is 5.02. The van der Waals surface area contributed by atoms with Gasteiger partial charge in [0.2, 0.25) is 0 Å². The van der Waals surface area contributed by atoms with E-state index in [-0.39, 0.29) is 5.54 Å². The average molecular weight is 360 g/mol. The van der Waals surface area contributed by atoms with Crippen LogP contribution >= 0.6 is 0 Å². The van der Waals surface area contributed by atoms with Crippen LogP contribution < -0.4 is 0 Å². The van der Waals surface area contributed by atoms with Crippen molar-refractivity contribution in [1.29, 1.82) is 0 Å². The van der Waals surface area contributed by atoms with Gasteiger partial charge in [-0.3, -0.25) is 9.29 Å². The molecule has 2 atom stereocenters. The van der Waals surface area contributed by atoms with Crippen LogP contribution in [0.2, 0.25) is 0 Å². The summed E-state index contributed by atoms with van der Waals surface area (Å²) in [6, 6.07) is 12.0. The van der Waals surface area contributed by atoms with Gasteiger partial charge in [0.05, 0.1) is 7.18 Å². The molecule has 1 aromatic rings. The zero-order valence-corrected chi connectivity index (χ0v) is 18.0. The van der Waals surface area contributed by atoms with Crippen LogP contribution in [0.15, 0.2) is 36.4 Å². The summed E-state index contributed by atoms with van der Waals surface area (Å²) in [4.78, 5) is 2.36. The van der Waals surface area contributed by atoms with Crippen molar-refractivity contribution in [1.82, 2.24) is 4.90 Å². The molecule has 2 heterocycles. The van der Waals surface area contributed by atoms with E-state index < -0.39 is 6.17 Å². The molecular formula is C22H43F2N. The highest BCUT2D eigenvalue weighted by Gasteiger charge is 2.46. The van der Waals surface area contributed by atoms with Crippen LogP contribution in [0.25, 0.3) is 0 Å². The number of rotatable bonds is 1. The fourth-order valence-electron chi connectivity index (χ4n) is 3.16. The van der Waals surface area contributed by atoms with Crippen LogP contribution in [0, 0.1) is 0 Å². The van der Waals surface area contributed by atoms with Gasteiger partial charge in [0.25, 0.3) is 0 Å². The molecule has 0 amide bonds. The molecule has 3 heteroatoms. The topological polar surface area (TPSA) is 3.24 Å². The minimum Gasteiger partial charge on any atom is -0.295 e. The van der Waals surface area contributed by atoms with Crippen LogP contribution in [0.4, 0.5) is 8.78 Å². The standard InChI is InChI=1S/C9H16FN.C6H6.3C2H6.CH3F/c1-2-9-4-3-5-11(9)7-8(10)6-9;1-2-4-6-5-3-1;4*1-2/h8H,2-7H2,1H3;1-6H;3*1-2H3;1H3/t8?,9-;;;;;/m1...../s1. The molecule has 150 valence electrons. The first-order chi connectivity index (χ1) is 12.3. The fraction of sp³-hybridized carbons (Fsp3) is 0.727. The van der Waals surface area contributed by atoms with Crippen molar-refractivity contribution >= 4 is 0 Å². The number of halogens is 2. The molecule has 0 spiro atoms. The lowest BCUT2D eigenvalue weighted by molar-refractivity contribution is 0.189. The van der Waals surface area contributed by atoms with Gasteiger partial charge in [0, 0.05) is 12.1 Å². The Labute approximate surface area is 156 Å². The smallest absolute Gasteiger partial charge is 0.115 e. The Hall–Kier alpha value is -0.960. The zero-order valence-electron chi connectivity index (χ0n) is 18.0. The molecule has 2 saturated heterocycles. The molecule has 1 aromatic carbocycles. The number of fused-ring (bicyclic) bond motifs is 1. The summed E-state index contributed by atoms with van der Waals surface area (Å²) in [6.45, 7) is 16.0. The lowest BCUT2D eigenvalue weighted by Crippen LogP contribution is -2.37. The van der Waals surface area contributed by atoms with E-state index in [9.17, 15) is 8.78 Å². The summed E-state index contributed by atoms with van der Waals surface area (Å²) in [5.41, 5.74) is 0.277. The summed E-state index contributed by atoms with van der Waals surface area (Å²) in [5, 5.41) is 0. The SMILES string of the molecule is CC.CC.CC.CC[C@]12CCCN1CC(F)C2.CF.c1ccccc1. The van der Waals surface area contributed by atoms with Crippen LogP contribution in [-0.4, -0.2) is 36.9 Å². The first-order valence-electron chi connectivity index (χ1n) is 10.0. The van der Waals surface area contributed by atoms with Gasteiger partial charge in [0.1, 0.15) is 6.17 Å². The molecule has 0 radical (unpaired) electrons. The molecule has 2 aliphatic heterocycles. The number of hydrogen-bond acceptors (Lipinski definition) is 1. The number of nitrogens with zero attached hydrogens (tertiary/aromatic N) is 1. The normalized spacial score (nSPS) is 22.6. The Morgan fingerprint density at radius 1 is 0.880 bits per heavy atom. The summed E-state index contributed by atoms with van der Waals surface area (Å²) in [7, 11) is 0.500. The first-order valence-corrected chi connectivity index (χ1v) is 10.0. The van der Waals surface area contributed by atoms with E-state index in [0.29, 0.717) is 13.7 Å². The highest BCUT2D eigenvalue weighted by atomic mass is 19.1. The van der Waals surface area contributed by atoms with Crippen LogP contribution in [0.3, 0.4) is 0 Å². The Morgan fingerprint density at radius 3 is 1.60 bits per heavy atom. The molecule has 0 saturated carbocycles. The van der Waals surface area contributed by atoms with E-state index in [1.165, 1.54) is 12.8 Å². The summed E-state index contributed by atoms with van der Waals surface area (Å²) < 4.78 is 22.5. The second-order valence-electron chi connectivity index (χ2n) is 5.08. The van der Waals surface area contributed by atoms with Gasteiger partial charge in [-0.05, 0) is 32.2 Å². The molecule has 2 aliphatic rings. The van der Waals surface area contributed by atoms with Crippen molar-refractivity contribution in [2.75, 3.05) is 20.3 Å². The zero-order chi connectivity index (χ0) is 20.1. The predicted octanol–water partition coefficient (Wildman–Crippen LogP) is 7.32. The number of hydrogen-bond donors (Lipinski definition) is 0. The van der Waals surface area contributed by atoms with Crippen molar-refractivity contribution in [2.45, 2.75) is 85.9 Å². The molecule has 1 unspecified atom stereocenters. The van der Waals surface area contributed by atoms with E-state index in [2.05, 4.69) is 11.8 Å². The van der Waals surface area contributed by atoms with Gasteiger partial charge >= 0.3 is 0 Å². The monoisotopic (exact) mass is 359 g/mol. The minimum absolute atomic E-state index is 0.277. The van der Waals surface area contributed by atoms with Gasteiger partial charge in [-0.15, -0.1) is 0 Å². The first kappa shape index (κ1) is 28.8. The van der Waals surface area contributed by atoms with Crippen molar-refractivity contribution in [3.8, 4) is 0 Å².